The molecule has 0 amide bonds. The second-order valence-corrected chi connectivity index (χ2v) is 7.49. The normalized spacial score (nSPS) is 20.4. The molecule has 0 radical (unpaired) electrons. The SMILES string of the molecule is COc1ccc(C2C(CNc3ccc4nnc(C(F)(F)F)n4n3)CCCN2C)cc1. The number of halogens is 3. The zero-order valence-corrected chi connectivity index (χ0v) is 16.7. The molecule has 1 aromatic carbocycles. The first kappa shape index (κ1) is 20.4. The minimum atomic E-state index is -4.61. The molecule has 3 aromatic rings. The van der Waals surface area contributed by atoms with Crippen molar-refractivity contribution in [3.05, 3.63) is 47.8 Å². The lowest BCUT2D eigenvalue weighted by molar-refractivity contribution is -0.146. The number of nitrogens with zero attached hydrogens (tertiary/aromatic N) is 5. The maximum absolute atomic E-state index is 13.1. The Morgan fingerprint density at radius 1 is 1.13 bits per heavy atom. The van der Waals surface area contributed by atoms with Gasteiger partial charge in [0, 0.05) is 12.6 Å². The molecule has 0 aliphatic carbocycles. The number of alkyl halides is 3. The number of aromatic nitrogens is 4. The molecular formula is C20H23F3N6O. The summed E-state index contributed by atoms with van der Waals surface area (Å²) in [7, 11) is 3.73. The summed E-state index contributed by atoms with van der Waals surface area (Å²) in [6, 6.07) is 11.3. The number of methoxy groups -OCH3 is 1. The van der Waals surface area contributed by atoms with Crippen LogP contribution in [0.15, 0.2) is 36.4 Å². The van der Waals surface area contributed by atoms with Gasteiger partial charge in [0.2, 0.25) is 0 Å². The Labute approximate surface area is 171 Å². The van der Waals surface area contributed by atoms with Gasteiger partial charge in [0.15, 0.2) is 5.65 Å². The molecule has 1 saturated heterocycles. The largest absolute Gasteiger partial charge is 0.497 e. The lowest BCUT2D eigenvalue weighted by atomic mass is 9.85. The van der Waals surface area contributed by atoms with Gasteiger partial charge in [0.1, 0.15) is 11.6 Å². The van der Waals surface area contributed by atoms with Crippen molar-refractivity contribution in [2.45, 2.75) is 25.1 Å². The van der Waals surface area contributed by atoms with Gasteiger partial charge in [-0.2, -0.15) is 17.7 Å². The van der Waals surface area contributed by atoms with Gasteiger partial charge in [-0.1, -0.05) is 12.1 Å². The fraction of sp³-hybridized carbons (Fsp3) is 0.450. The topological polar surface area (TPSA) is 67.6 Å². The van der Waals surface area contributed by atoms with Crippen LogP contribution in [0.25, 0.3) is 5.65 Å². The van der Waals surface area contributed by atoms with E-state index in [1.807, 2.05) is 12.1 Å². The van der Waals surface area contributed by atoms with Crippen LogP contribution in [0.1, 0.15) is 30.3 Å². The number of likely N-dealkylation sites (tertiary alicyclic amines) is 1. The standard InChI is InChI=1S/C20H23F3N6O/c1-28-11-3-4-14(18(28)13-5-7-15(30-2)8-6-13)12-24-16-9-10-17-25-26-19(20(21,22)23)29(17)27-16/h5-10,14,18H,3-4,11-12H2,1-2H3,(H,24,27). The number of ether oxygens (including phenoxy) is 1. The van der Waals surface area contributed by atoms with E-state index in [1.165, 1.54) is 11.6 Å². The molecule has 4 rings (SSSR count). The highest BCUT2D eigenvalue weighted by Gasteiger charge is 2.37. The number of benzene rings is 1. The van der Waals surface area contributed by atoms with Gasteiger partial charge >= 0.3 is 6.18 Å². The molecule has 1 fully saturated rings. The number of fused-ring (bicyclic) bond motifs is 1. The third-order valence-electron chi connectivity index (χ3n) is 5.53. The number of hydrogen-bond donors (Lipinski definition) is 1. The van der Waals surface area contributed by atoms with E-state index >= 15 is 0 Å². The van der Waals surface area contributed by atoms with Crippen LogP contribution < -0.4 is 10.1 Å². The van der Waals surface area contributed by atoms with Gasteiger partial charge in [-0.15, -0.1) is 15.3 Å². The first-order valence-corrected chi connectivity index (χ1v) is 9.74. The zero-order valence-electron chi connectivity index (χ0n) is 16.7. The molecule has 1 N–H and O–H groups in total. The number of piperidine rings is 1. The Balaban J connectivity index is 1.53. The predicted octanol–water partition coefficient (Wildman–Crippen LogP) is 3.65. The van der Waals surface area contributed by atoms with Crippen LogP contribution in [-0.4, -0.2) is 52.0 Å². The smallest absolute Gasteiger partial charge is 0.453 e. The molecule has 1 aliphatic rings. The van der Waals surface area contributed by atoms with Crippen LogP contribution in [0.2, 0.25) is 0 Å². The van der Waals surface area contributed by atoms with E-state index in [1.54, 1.807) is 13.2 Å². The Bertz CT molecular complexity index is 1000. The second kappa shape index (κ2) is 8.10. The van der Waals surface area contributed by atoms with Gasteiger partial charge in [0.25, 0.3) is 5.82 Å². The summed E-state index contributed by atoms with van der Waals surface area (Å²) >= 11 is 0. The van der Waals surface area contributed by atoms with Crippen LogP contribution >= 0.6 is 0 Å². The predicted molar refractivity (Wildman–Crippen MR) is 105 cm³/mol. The average Bonchev–Trinajstić information content (AvgIpc) is 3.16. The third kappa shape index (κ3) is 4.04. The highest BCUT2D eigenvalue weighted by molar-refractivity contribution is 5.44. The fourth-order valence-electron chi connectivity index (χ4n) is 4.10. The van der Waals surface area contributed by atoms with Gasteiger partial charge in [0.05, 0.1) is 7.11 Å². The number of hydrogen-bond acceptors (Lipinski definition) is 6. The Kier molecular flexibility index (Phi) is 5.50. The van der Waals surface area contributed by atoms with E-state index in [0.29, 0.717) is 12.4 Å². The summed E-state index contributed by atoms with van der Waals surface area (Å²) in [6.07, 6.45) is -2.54. The average molecular weight is 420 g/mol. The molecule has 7 nitrogen and oxygen atoms in total. The van der Waals surface area contributed by atoms with Crippen LogP contribution in [0.3, 0.4) is 0 Å². The molecule has 160 valence electrons. The van der Waals surface area contributed by atoms with Crippen LogP contribution in [0.4, 0.5) is 19.0 Å². The first-order valence-electron chi connectivity index (χ1n) is 9.74. The summed E-state index contributed by atoms with van der Waals surface area (Å²) < 4.78 is 45.3. The van der Waals surface area contributed by atoms with Crippen LogP contribution in [0.5, 0.6) is 5.75 Å². The highest BCUT2D eigenvalue weighted by Crippen LogP contribution is 2.36. The molecule has 2 unspecified atom stereocenters. The molecule has 0 spiro atoms. The van der Waals surface area contributed by atoms with Gasteiger partial charge in [-0.3, -0.25) is 4.90 Å². The molecule has 0 bridgehead atoms. The maximum Gasteiger partial charge on any atom is 0.453 e. The Morgan fingerprint density at radius 3 is 2.60 bits per heavy atom. The van der Waals surface area contributed by atoms with E-state index in [2.05, 4.69) is 44.7 Å². The minimum absolute atomic E-state index is 0.0568. The summed E-state index contributed by atoms with van der Waals surface area (Å²) in [5, 5.41) is 14.0. The fourth-order valence-corrected chi connectivity index (χ4v) is 4.10. The van der Waals surface area contributed by atoms with Crippen molar-refractivity contribution in [2.24, 2.45) is 5.92 Å². The summed E-state index contributed by atoms with van der Waals surface area (Å²) in [5.41, 5.74) is 1.24. The number of nitrogens with one attached hydrogen (secondary N) is 1. The van der Waals surface area contributed by atoms with Crippen LogP contribution in [-0.2, 0) is 6.18 Å². The van der Waals surface area contributed by atoms with Crippen LogP contribution in [0, 0.1) is 5.92 Å². The summed E-state index contributed by atoms with van der Waals surface area (Å²) in [5.74, 6) is 0.306. The Hall–Kier alpha value is -2.88. The van der Waals surface area contributed by atoms with E-state index in [-0.39, 0.29) is 17.6 Å². The monoisotopic (exact) mass is 420 g/mol. The van der Waals surface area contributed by atoms with Crippen molar-refractivity contribution < 1.29 is 17.9 Å². The molecule has 30 heavy (non-hydrogen) atoms. The van der Waals surface area contributed by atoms with E-state index in [9.17, 15) is 13.2 Å². The van der Waals surface area contributed by atoms with Crippen molar-refractivity contribution in [1.82, 2.24) is 24.7 Å². The van der Waals surface area contributed by atoms with Gasteiger partial charge in [-0.25, -0.2) is 0 Å². The number of rotatable bonds is 5. The molecule has 1 aliphatic heterocycles. The van der Waals surface area contributed by atoms with E-state index < -0.39 is 12.0 Å². The number of anilines is 1. The maximum atomic E-state index is 13.1. The van der Waals surface area contributed by atoms with E-state index in [4.69, 9.17) is 4.74 Å². The van der Waals surface area contributed by atoms with Crippen molar-refractivity contribution in [1.29, 1.82) is 0 Å². The van der Waals surface area contributed by atoms with E-state index in [0.717, 1.165) is 29.7 Å². The summed E-state index contributed by atoms with van der Waals surface area (Å²) in [4.78, 5) is 2.32. The molecule has 2 atom stereocenters. The minimum Gasteiger partial charge on any atom is -0.497 e. The van der Waals surface area contributed by atoms with Crippen molar-refractivity contribution in [2.75, 3.05) is 32.6 Å². The quantitative estimate of drug-likeness (QED) is 0.680. The van der Waals surface area contributed by atoms with Crippen molar-refractivity contribution in [3.8, 4) is 5.75 Å². The third-order valence-corrected chi connectivity index (χ3v) is 5.53. The lowest BCUT2D eigenvalue weighted by Crippen LogP contribution is -2.39. The van der Waals surface area contributed by atoms with Crippen molar-refractivity contribution >= 4 is 11.5 Å². The molecular weight excluding hydrogens is 397 g/mol. The highest BCUT2D eigenvalue weighted by atomic mass is 19.4. The molecule has 0 saturated carbocycles. The first-order chi connectivity index (χ1) is 14.4. The second-order valence-electron chi connectivity index (χ2n) is 7.49. The van der Waals surface area contributed by atoms with Gasteiger partial charge < -0.3 is 10.1 Å². The molecule has 2 aromatic heterocycles. The summed E-state index contributed by atoms with van der Waals surface area (Å²) in [6.45, 7) is 1.58. The molecule has 3 heterocycles. The van der Waals surface area contributed by atoms with Gasteiger partial charge in [-0.05, 0) is 62.2 Å². The lowest BCUT2D eigenvalue weighted by Gasteiger charge is -2.39. The Morgan fingerprint density at radius 2 is 1.90 bits per heavy atom. The van der Waals surface area contributed by atoms with Crippen molar-refractivity contribution in [3.63, 3.8) is 0 Å². The molecule has 10 heteroatoms. The zero-order chi connectivity index (χ0) is 21.3.